The van der Waals surface area contributed by atoms with Gasteiger partial charge in [-0.2, -0.15) is 0 Å². The quantitative estimate of drug-likeness (QED) is 0.630. The maximum atomic E-state index is 12.4. The van der Waals surface area contributed by atoms with E-state index < -0.39 is 0 Å². The number of carbonyl (C=O) groups excluding carboxylic acids is 2. The molecule has 1 heterocycles. The average molecular weight is 394 g/mol. The van der Waals surface area contributed by atoms with Crippen LogP contribution in [0.15, 0.2) is 59.3 Å². The molecule has 0 saturated heterocycles. The lowest BCUT2D eigenvalue weighted by Gasteiger charge is -2.19. The molecule has 0 aliphatic rings. The molecule has 150 valence electrons. The van der Waals surface area contributed by atoms with Crippen molar-refractivity contribution in [2.24, 2.45) is 0 Å². The molecule has 0 spiro atoms. The maximum absolute atomic E-state index is 12.4. The summed E-state index contributed by atoms with van der Waals surface area (Å²) in [6, 6.07) is 13.8. The Morgan fingerprint density at radius 2 is 1.86 bits per heavy atom. The van der Waals surface area contributed by atoms with Gasteiger partial charge in [-0.3, -0.25) is 9.59 Å². The highest BCUT2D eigenvalue weighted by Gasteiger charge is 2.13. The number of hydrogen-bond donors (Lipinski definition) is 1. The van der Waals surface area contributed by atoms with Gasteiger partial charge in [-0.05, 0) is 56.3 Å². The molecular weight excluding hydrogens is 372 g/mol. The Labute approximate surface area is 168 Å². The summed E-state index contributed by atoms with van der Waals surface area (Å²) >= 11 is 0. The van der Waals surface area contributed by atoms with Crippen molar-refractivity contribution < 1.29 is 18.7 Å². The summed E-state index contributed by atoms with van der Waals surface area (Å²) in [4.78, 5) is 26.4. The number of nitrogens with zero attached hydrogens (tertiary/aromatic N) is 3. The average Bonchev–Trinajstić information content (AvgIpc) is 3.28. The molecule has 8 heteroatoms. The third-order valence-electron chi connectivity index (χ3n) is 4.28. The lowest BCUT2D eigenvalue weighted by atomic mass is 10.1. The van der Waals surface area contributed by atoms with Gasteiger partial charge in [0.2, 0.25) is 12.3 Å². The third kappa shape index (κ3) is 5.19. The Balaban J connectivity index is 1.55. The Hall–Kier alpha value is -3.68. The fraction of sp³-hybridized carbons (Fsp3) is 0.238. The second-order valence-electron chi connectivity index (χ2n) is 6.16. The SMILES string of the molecule is CCN(CC)C(=O)c1cccc(NC(=O)COc2ccc(-c3nnco3)cc2)c1. The van der Waals surface area contributed by atoms with E-state index in [1.807, 2.05) is 13.8 Å². The molecular formula is C21H22N4O4. The predicted molar refractivity (Wildman–Crippen MR) is 108 cm³/mol. The zero-order valence-electron chi connectivity index (χ0n) is 16.3. The zero-order valence-corrected chi connectivity index (χ0v) is 16.3. The molecule has 2 amide bonds. The van der Waals surface area contributed by atoms with Crippen molar-refractivity contribution >= 4 is 17.5 Å². The Kier molecular flexibility index (Phi) is 6.57. The predicted octanol–water partition coefficient (Wildman–Crippen LogP) is 3.24. The third-order valence-corrected chi connectivity index (χ3v) is 4.28. The number of nitrogens with one attached hydrogen (secondary N) is 1. The van der Waals surface area contributed by atoms with Gasteiger partial charge in [-0.25, -0.2) is 0 Å². The topological polar surface area (TPSA) is 97.6 Å². The van der Waals surface area contributed by atoms with E-state index in [1.165, 1.54) is 6.39 Å². The molecule has 2 aromatic carbocycles. The van der Waals surface area contributed by atoms with Crippen molar-refractivity contribution in [3.05, 3.63) is 60.5 Å². The van der Waals surface area contributed by atoms with Crippen LogP contribution in [0.2, 0.25) is 0 Å². The van der Waals surface area contributed by atoms with Crippen LogP contribution in [0.5, 0.6) is 5.75 Å². The summed E-state index contributed by atoms with van der Waals surface area (Å²) in [6.07, 6.45) is 1.26. The molecule has 0 fully saturated rings. The lowest BCUT2D eigenvalue weighted by Crippen LogP contribution is -2.30. The molecule has 0 aliphatic heterocycles. The molecule has 1 aromatic heterocycles. The largest absolute Gasteiger partial charge is 0.484 e. The van der Waals surface area contributed by atoms with Crippen molar-refractivity contribution in [3.8, 4) is 17.2 Å². The number of anilines is 1. The van der Waals surface area contributed by atoms with E-state index in [1.54, 1.807) is 53.4 Å². The van der Waals surface area contributed by atoms with Crippen LogP contribution in [-0.2, 0) is 4.79 Å². The van der Waals surface area contributed by atoms with Crippen LogP contribution in [0.25, 0.3) is 11.5 Å². The molecule has 0 atom stereocenters. The zero-order chi connectivity index (χ0) is 20.6. The van der Waals surface area contributed by atoms with Crippen LogP contribution >= 0.6 is 0 Å². The molecule has 0 radical (unpaired) electrons. The van der Waals surface area contributed by atoms with E-state index in [2.05, 4.69) is 15.5 Å². The van der Waals surface area contributed by atoms with Gasteiger partial charge in [0, 0.05) is 29.9 Å². The lowest BCUT2D eigenvalue weighted by molar-refractivity contribution is -0.118. The number of rotatable bonds is 8. The molecule has 0 saturated carbocycles. The number of hydrogen-bond acceptors (Lipinski definition) is 6. The van der Waals surface area contributed by atoms with Crippen LogP contribution in [0.1, 0.15) is 24.2 Å². The van der Waals surface area contributed by atoms with E-state index in [0.29, 0.717) is 36.0 Å². The Morgan fingerprint density at radius 1 is 1.10 bits per heavy atom. The molecule has 3 rings (SSSR count). The van der Waals surface area contributed by atoms with Crippen molar-refractivity contribution in [3.63, 3.8) is 0 Å². The van der Waals surface area contributed by atoms with Crippen LogP contribution in [0, 0.1) is 0 Å². The van der Waals surface area contributed by atoms with Crippen LogP contribution in [0.4, 0.5) is 5.69 Å². The fourth-order valence-electron chi connectivity index (χ4n) is 2.76. The smallest absolute Gasteiger partial charge is 0.262 e. The summed E-state index contributed by atoms with van der Waals surface area (Å²) in [5, 5.41) is 10.2. The van der Waals surface area contributed by atoms with Crippen LogP contribution in [0.3, 0.4) is 0 Å². The number of aromatic nitrogens is 2. The monoisotopic (exact) mass is 394 g/mol. The highest BCUT2D eigenvalue weighted by atomic mass is 16.5. The van der Waals surface area contributed by atoms with E-state index >= 15 is 0 Å². The number of ether oxygens (including phenoxy) is 1. The van der Waals surface area contributed by atoms with Crippen molar-refractivity contribution in [2.45, 2.75) is 13.8 Å². The summed E-state index contributed by atoms with van der Waals surface area (Å²) in [5.41, 5.74) is 1.83. The van der Waals surface area contributed by atoms with Gasteiger partial charge < -0.3 is 19.4 Å². The highest BCUT2D eigenvalue weighted by Crippen LogP contribution is 2.20. The van der Waals surface area contributed by atoms with Crippen LogP contribution in [-0.4, -0.2) is 46.6 Å². The van der Waals surface area contributed by atoms with E-state index in [4.69, 9.17) is 9.15 Å². The molecule has 0 bridgehead atoms. The van der Waals surface area contributed by atoms with Gasteiger partial charge >= 0.3 is 0 Å². The van der Waals surface area contributed by atoms with Gasteiger partial charge in [0.1, 0.15) is 5.75 Å². The molecule has 0 unspecified atom stereocenters. The first-order valence-electron chi connectivity index (χ1n) is 9.29. The maximum Gasteiger partial charge on any atom is 0.262 e. The Morgan fingerprint density at radius 3 is 2.52 bits per heavy atom. The molecule has 1 N–H and O–H groups in total. The second kappa shape index (κ2) is 9.50. The van der Waals surface area contributed by atoms with E-state index in [9.17, 15) is 9.59 Å². The van der Waals surface area contributed by atoms with Crippen molar-refractivity contribution in [1.29, 1.82) is 0 Å². The first kappa shape index (κ1) is 20.1. The van der Waals surface area contributed by atoms with Gasteiger partial charge in [-0.1, -0.05) is 6.07 Å². The van der Waals surface area contributed by atoms with Gasteiger partial charge in [-0.15, -0.1) is 10.2 Å². The number of amides is 2. The normalized spacial score (nSPS) is 10.4. The minimum Gasteiger partial charge on any atom is -0.484 e. The minimum absolute atomic E-state index is 0.0660. The van der Waals surface area contributed by atoms with Crippen molar-refractivity contribution in [2.75, 3.05) is 25.0 Å². The first-order valence-corrected chi connectivity index (χ1v) is 9.29. The molecule has 29 heavy (non-hydrogen) atoms. The summed E-state index contributed by atoms with van der Waals surface area (Å²) < 4.78 is 10.6. The van der Waals surface area contributed by atoms with E-state index in [-0.39, 0.29) is 18.4 Å². The Bertz CT molecular complexity index is 951. The van der Waals surface area contributed by atoms with Gasteiger partial charge in [0.25, 0.3) is 11.8 Å². The van der Waals surface area contributed by atoms with Crippen LogP contribution < -0.4 is 10.1 Å². The standard InChI is InChI=1S/C21H22N4O4/c1-3-25(4-2)21(27)16-6-5-7-17(12-16)23-19(26)13-28-18-10-8-15(9-11-18)20-24-22-14-29-20/h5-12,14H,3-4,13H2,1-2H3,(H,23,26). The summed E-state index contributed by atoms with van der Waals surface area (Å²) in [7, 11) is 0. The highest BCUT2D eigenvalue weighted by molar-refractivity contribution is 5.97. The first-order chi connectivity index (χ1) is 14.1. The second-order valence-corrected chi connectivity index (χ2v) is 6.16. The van der Waals surface area contributed by atoms with Gasteiger partial charge in [0.05, 0.1) is 0 Å². The minimum atomic E-state index is -0.321. The molecule has 3 aromatic rings. The van der Waals surface area contributed by atoms with Crippen molar-refractivity contribution in [1.82, 2.24) is 15.1 Å². The molecule has 8 nitrogen and oxygen atoms in total. The number of carbonyl (C=O) groups is 2. The van der Waals surface area contributed by atoms with Gasteiger partial charge in [0.15, 0.2) is 6.61 Å². The molecule has 0 aliphatic carbocycles. The van der Waals surface area contributed by atoms with E-state index in [0.717, 1.165) is 5.56 Å². The fourth-order valence-corrected chi connectivity index (χ4v) is 2.76. The number of benzene rings is 2. The summed E-state index contributed by atoms with van der Waals surface area (Å²) in [6.45, 7) is 4.96. The summed E-state index contributed by atoms with van der Waals surface area (Å²) in [5.74, 6) is 0.560.